The van der Waals surface area contributed by atoms with E-state index < -0.39 is 16.1 Å². The zero-order chi connectivity index (χ0) is 20.2. The van der Waals surface area contributed by atoms with E-state index in [0.717, 1.165) is 32.5 Å². The Bertz CT molecular complexity index is 620. The number of phenols is 1. The van der Waals surface area contributed by atoms with Crippen LogP contribution in [0, 0.1) is 5.92 Å². The topological polar surface area (TPSA) is 67.8 Å². The molecule has 0 aromatic heterocycles. The van der Waals surface area contributed by atoms with Crippen LogP contribution in [0.15, 0.2) is 12.1 Å². The molecule has 1 fully saturated rings. The maximum absolute atomic E-state index is 12.8. The van der Waals surface area contributed by atoms with Crippen molar-refractivity contribution in [3.63, 3.8) is 0 Å². The van der Waals surface area contributed by atoms with E-state index in [0.29, 0.717) is 22.2 Å². The molecule has 0 spiro atoms. The number of rotatable bonds is 7. The molecule has 1 aromatic carbocycles. The zero-order valence-electron chi connectivity index (χ0n) is 16.4. The van der Waals surface area contributed by atoms with Gasteiger partial charge in [0.25, 0.3) is 0 Å². The molecule has 27 heavy (non-hydrogen) atoms. The van der Waals surface area contributed by atoms with Gasteiger partial charge < -0.3 is 19.3 Å². The van der Waals surface area contributed by atoms with Gasteiger partial charge in [0.05, 0.1) is 22.7 Å². The molecule has 0 saturated carbocycles. The van der Waals surface area contributed by atoms with Crippen LogP contribution in [0.1, 0.15) is 45.2 Å². The van der Waals surface area contributed by atoms with E-state index in [2.05, 4.69) is 9.62 Å². The van der Waals surface area contributed by atoms with Crippen LogP contribution in [0.3, 0.4) is 0 Å². The smallest absolute Gasteiger partial charge is 0.136 e. The first kappa shape index (κ1) is 23.1. The molecule has 0 aliphatic carbocycles. The average molecular weight is 437 g/mol. The van der Waals surface area contributed by atoms with Crippen LogP contribution in [-0.4, -0.2) is 52.7 Å². The molecule has 2 rings (SSSR count). The Hall–Kier alpha value is -0.210. The lowest BCUT2D eigenvalue weighted by atomic mass is 9.85. The molecular formula is C19H30Cl2N2O3S. The fourth-order valence-corrected chi connectivity index (χ4v) is 4.47. The van der Waals surface area contributed by atoms with Gasteiger partial charge in [0.2, 0.25) is 0 Å². The van der Waals surface area contributed by atoms with Gasteiger partial charge >= 0.3 is 0 Å². The third kappa shape index (κ3) is 6.39. The summed E-state index contributed by atoms with van der Waals surface area (Å²) in [6.45, 7) is 9.29. The molecule has 154 valence electrons. The van der Waals surface area contributed by atoms with Crippen LogP contribution >= 0.6 is 23.2 Å². The number of aromatic hydroxyl groups is 1. The van der Waals surface area contributed by atoms with Crippen molar-refractivity contribution in [2.45, 2.75) is 44.4 Å². The number of nitrogens with zero attached hydrogens (tertiary/aromatic N) is 1. The van der Waals surface area contributed by atoms with Gasteiger partial charge in [-0.2, -0.15) is 0 Å². The Morgan fingerprint density at radius 1 is 1.30 bits per heavy atom. The summed E-state index contributed by atoms with van der Waals surface area (Å²) in [6.07, 6.45) is 1.87. The molecule has 0 radical (unpaired) electrons. The number of methoxy groups -OCH3 is 1. The summed E-state index contributed by atoms with van der Waals surface area (Å²) in [5, 5.41) is 11.2. The van der Waals surface area contributed by atoms with E-state index in [9.17, 15) is 9.66 Å². The van der Waals surface area contributed by atoms with E-state index in [4.69, 9.17) is 27.9 Å². The van der Waals surface area contributed by atoms with Crippen LogP contribution in [0.25, 0.3) is 0 Å². The lowest BCUT2D eigenvalue weighted by Gasteiger charge is -2.37. The zero-order valence-corrected chi connectivity index (χ0v) is 18.8. The van der Waals surface area contributed by atoms with Gasteiger partial charge in [-0.1, -0.05) is 23.2 Å². The third-order valence-corrected chi connectivity index (χ3v) is 7.21. The van der Waals surface area contributed by atoms with E-state index in [1.165, 1.54) is 6.07 Å². The van der Waals surface area contributed by atoms with Crippen molar-refractivity contribution in [2.75, 3.05) is 33.4 Å². The summed E-state index contributed by atoms with van der Waals surface area (Å²) in [6, 6.07) is 2.89. The number of piperidine rings is 1. The molecular weight excluding hydrogens is 407 g/mol. The number of hydrogen-bond acceptors (Lipinski definition) is 5. The van der Waals surface area contributed by atoms with Crippen molar-refractivity contribution >= 4 is 34.6 Å². The standard InChI is InChI=1S/C19H30Cl2N2O3S/c1-19(2,3)27(25)22-18(14-11-15(20)16(21)12-17(14)24)13-5-7-23(8-6-13)9-10-26-4/h11-13,18,22,24H,5-10H2,1-4H3. The maximum atomic E-state index is 12.8. The monoisotopic (exact) mass is 436 g/mol. The Labute approximate surface area is 175 Å². The van der Waals surface area contributed by atoms with Crippen LogP contribution < -0.4 is 4.72 Å². The molecule has 1 aliphatic rings. The summed E-state index contributed by atoms with van der Waals surface area (Å²) in [7, 11) is 1.71. The highest BCUT2D eigenvalue weighted by Crippen LogP contribution is 2.40. The third-order valence-electron chi connectivity index (χ3n) is 4.91. The van der Waals surface area contributed by atoms with E-state index in [1.54, 1.807) is 13.2 Å². The highest BCUT2D eigenvalue weighted by atomic mass is 35.5. The van der Waals surface area contributed by atoms with Crippen molar-refractivity contribution in [3.8, 4) is 5.75 Å². The molecule has 2 atom stereocenters. The normalized spacial score (nSPS) is 19.2. The minimum atomic E-state index is -1.27. The van der Waals surface area contributed by atoms with Crippen molar-refractivity contribution in [2.24, 2.45) is 5.92 Å². The Balaban J connectivity index is 2.22. The summed E-state index contributed by atoms with van der Waals surface area (Å²) in [5.41, 5.74) is 0.650. The minimum Gasteiger partial charge on any atom is -0.598 e. The predicted octanol–water partition coefficient (Wildman–Crippen LogP) is 4.15. The molecule has 0 bridgehead atoms. The van der Waals surface area contributed by atoms with E-state index in [1.807, 2.05) is 20.8 Å². The van der Waals surface area contributed by atoms with Gasteiger partial charge in [0.15, 0.2) is 0 Å². The molecule has 1 heterocycles. The summed E-state index contributed by atoms with van der Waals surface area (Å²) in [5.74, 6) is 0.313. The van der Waals surface area contributed by atoms with Crippen molar-refractivity contribution in [1.29, 1.82) is 0 Å². The van der Waals surface area contributed by atoms with Crippen LogP contribution in [-0.2, 0) is 16.1 Å². The highest BCUT2D eigenvalue weighted by Gasteiger charge is 2.36. The average Bonchev–Trinajstić information content (AvgIpc) is 2.61. The van der Waals surface area contributed by atoms with Gasteiger partial charge in [0.1, 0.15) is 10.5 Å². The second kappa shape index (κ2) is 10.0. The van der Waals surface area contributed by atoms with Gasteiger partial charge in [-0.15, -0.1) is 4.72 Å². The number of phenolic OH excluding ortho intramolecular Hbond substituents is 1. The molecule has 1 saturated heterocycles. The lowest BCUT2D eigenvalue weighted by Crippen LogP contribution is -2.46. The largest absolute Gasteiger partial charge is 0.598 e. The summed E-state index contributed by atoms with van der Waals surface area (Å²) < 4.78 is 20.8. The fourth-order valence-electron chi connectivity index (χ4n) is 3.24. The number of hydrogen-bond donors (Lipinski definition) is 2. The molecule has 5 nitrogen and oxygen atoms in total. The number of nitrogens with one attached hydrogen (secondary N) is 1. The highest BCUT2D eigenvalue weighted by molar-refractivity contribution is 7.90. The number of benzene rings is 1. The molecule has 8 heteroatoms. The quantitative estimate of drug-likeness (QED) is 0.628. The Morgan fingerprint density at radius 3 is 2.44 bits per heavy atom. The minimum absolute atomic E-state index is 0.0784. The molecule has 1 aromatic rings. The number of halogens is 2. The van der Waals surface area contributed by atoms with Gasteiger partial charge in [-0.25, -0.2) is 0 Å². The van der Waals surface area contributed by atoms with E-state index >= 15 is 0 Å². The van der Waals surface area contributed by atoms with Gasteiger partial charge in [-0.3, -0.25) is 0 Å². The van der Waals surface area contributed by atoms with Crippen LogP contribution in [0.2, 0.25) is 10.0 Å². The SMILES string of the molecule is COCCN1CCC(C(N[S+]([O-])C(C)(C)C)c2cc(Cl)c(Cl)cc2O)CC1. The Morgan fingerprint density at radius 2 is 1.89 bits per heavy atom. The molecule has 2 unspecified atom stereocenters. The van der Waals surface area contributed by atoms with Crippen molar-refractivity contribution in [3.05, 3.63) is 27.7 Å². The maximum Gasteiger partial charge on any atom is 0.136 e. The van der Waals surface area contributed by atoms with E-state index in [-0.39, 0.29) is 17.7 Å². The van der Waals surface area contributed by atoms with Gasteiger partial charge in [-0.05, 0) is 58.7 Å². The molecule has 0 amide bonds. The second-order valence-corrected chi connectivity index (χ2v) is 10.8. The first-order chi connectivity index (χ1) is 12.6. The fraction of sp³-hybridized carbons (Fsp3) is 0.684. The summed E-state index contributed by atoms with van der Waals surface area (Å²) >= 11 is 11.0. The first-order valence-corrected chi connectivity index (χ1v) is 11.1. The van der Waals surface area contributed by atoms with Crippen molar-refractivity contribution < 1.29 is 14.4 Å². The van der Waals surface area contributed by atoms with Crippen LogP contribution in [0.4, 0.5) is 0 Å². The lowest BCUT2D eigenvalue weighted by molar-refractivity contribution is 0.113. The second-order valence-electron chi connectivity index (χ2n) is 7.97. The number of likely N-dealkylation sites (tertiary alicyclic amines) is 1. The summed E-state index contributed by atoms with van der Waals surface area (Å²) in [4.78, 5) is 2.37. The van der Waals surface area contributed by atoms with Crippen molar-refractivity contribution in [1.82, 2.24) is 9.62 Å². The van der Waals surface area contributed by atoms with Crippen LogP contribution in [0.5, 0.6) is 5.75 Å². The molecule has 2 N–H and O–H groups in total. The molecule has 1 aliphatic heterocycles. The first-order valence-electron chi connectivity index (χ1n) is 9.20. The van der Waals surface area contributed by atoms with Gasteiger partial charge in [0, 0.05) is 36.6 Å². The Kier molecular flexibility index (Phi) is 8.55. The number of ether oxygens (including phenoxy) is 1. The predicted molar refractivity (Wildman–Crippen MR) is 113 cm³/mol.